The number of carbonyl (C=O) groups is 3. The van der Waals surface area contributed by atoms with Gasteiger partial charge in [-0.3, -0.25) is 9.59 Å². The Morgan fingerprint density at radius 1 is 1.09 bits per heavy atom. The quantitative estimate of drug-likeness (QED) is 0.316. The number of ether oxygens (including phenoxy) is 2. The van der Waals surface area contributed by atoms with Crippen LogP contribution in [0.5, 0.6) is 5.75 Å². The van der Waals surface area contributed by atoms with Crippen molar-refractivity contribution in [3.05, 3.63) is 59.2 Å². The van der Waals surface area contributed by atoms with Gasteiger partial charge in [0.25, 0.3) is 11.7 Å². The molecule has 0 atom stereocenters. The molecule has 1 amide bonds. The van der Waals surface area contributed by atoms with Crippen LogP contribution in [0, 0.1) is 0 Å². The topological polar surface area (TPSA) is 104 Å². The molecule has 1 aliphatic heterocycles. The van der Waals surface area contributed by atoms with Crippen molar-refractivity contribution in [2.45, 2.75) is 24.9 Å². The Kier molecular flexibility index (Phi) is 6.51. The molecule has 4 rings (SSSR count). The van der Waals surface area contributed by atoms with E-state index in [4.69, 9.17) is 15.2 Å². The lowest BCUT2D eigenvalue weighted by Crippen LogP contribution is -2.44. The largest absolute Gasteiger partial charge is 0.496 e. The molecule has 3 aromatic rings. The van der Waals surface area contributed by atoms with E-state index in [1.807, 2.05) is 35.2 Å². The van der Waals surface area contributed by atoms with E-state index in [1.54, 1.807) is 17.7 Å². The molecule has 0 spiro atoms. The number of nitrogens with two attached hydrogens (primary N) is 1. The highest BCUT2D eigenvalue weighted by molar-refractivity contribution is 6.44. The number of aryl methyl sites for hydroxylation is 1. The smallest absolute Gasteiger partial charge is 0.379 e. The highest BCUT2D eigenvalue weighted by atomic mass is 19.1. The highest BCUT2D eigenvalue weighted by Gasteiger charge is 2.38. The third kappa shape index (κ3) is 4.45. The van der Waals surface area contributed by atoms with Gasteiger partial charge in [0.15, 0.2) is 0 Å². The molecule has 2 heterocycles. The van der Waals surface area contributed by atoms with Crippen molar-refractivity contribution < 1.29 is 28.2 Å². The first-order chi connectivity index (χ1) is 16.7. The van der Waals surface area contributed by atoms with Gasteiger partial charge in [0.1, 0.15) is 17.2 Å². The van der Waals surface area contributed by atoms with Crippen molar-refractivity contribution in [1.29, 1.82) is 0 Å². The fraction of sp³-hybridized carbons (Fsp3) is 0.346. The molecule has 1 saturated heterocycles. The third-order valence-electron chi connectivity index (χ3n) is 6.68. The van der Waals surface area contributed by atoms with E-state index in [2.05, 4.69) is 0 Å². The van der Waals surface area contributed by atoms with Gasteiger partial charge >= 0.3 is 5.97 Å². The predicted octanol–water partition coefficient (Wildman–Crippen LogP) is 3.19. The molecule has 0 aliphatic carbocycles. The standard InChI is InChI=1S/C26H28FN3O5/c1-29-19-14-20(34-2)18(23(28)32)13-17(19)21(22(31)25(33)35-3)24(29)30-11-9-26(27,10-12-30)15-16-7-5-4-6-8-16/h4-8,13-14H,9-12,15H2,1-3H3,(H2,28,32). The number of benzene rings is 2. The van der Waals surface area contributed by atoms with Crippen LogP contribution in [-0.2, 0) is 23.0 Å². The molecule has 0 radical (unpaired) electrons. The summed E-state index contributed by atoms with van der Waals surface area (Å²) in [7, 11) is 4.29. The summed E-state index contributed by atoms with van der Waals surface area (Å²) in [4.78, 5) is 39.3. The van der Waals surface area contributed by atoms with Crippen LogP contribution < -0.4 is 15.4 Å². The Labute approximate surface area is 202 Å². The average molecular weight is 482 g/mol. The second kappa shape index (κ2) is 9.40. The summed E-state index contributed by atoms with van der Waals surface area (Å²) in [5, 5.41) is 0.369. The molecule has 8 nitrogen and oxygen atoms in total. The lowest BCUT2D eigenvalue weighted by Gasteiger charge is -2.38. The van der Waals surface area contributed by atoms with Crippen molar-refractivity contribution in [1.82, 2.24) is 4.57 Å². The van der Waals surface area contributed by atoms with Gasteiger partial charge in [-0.15, -0.1) is 0 Å². The van der Waals surface area contributed by atoms with Crippen LogP contribution in [0.15, 0.2) is 42.5 Å². The Morgan fingerprint density at radius 2 is 1.74 bits per heavy atom. The van der Waals surface area contributed by atoms with Crippen molar-refractivity contribution in [3.63, 3.8) is 0 Å². The van der Waals surface area contributed by atoms with Crippen LogP contribution in [0.4, 0.5) is 10.2 Å². The number of rotatable bonds is 7. The molecule has 35 heavy (non-hydrogen) atoms. The molecule has 1 aliphatic rings. The third-order valence-corrected chi connectivity index (χ3v) is 6.68. The number of methoxy groups -OCH3 is 2. The van der Waals surface area contributed by atoms with E-state index >= 15 is 4.39 Å². The summed E-state index contributed by atoms with van der Waals surface area (Å²) in [6.45, 7) is 0.684. The minimum absolute atomic E-state index is 0.0837. The SMILES string of the molecule is COC(=O)C(=O)c1c(N2CCC(F)(Cc3ccccc3)CC2)n(C)c2cc(OC)c(C(N)=O)cc12. The number of piperidine rings is 1. The van der Waals surface area contributed by atoms with E-state index < -0.39 is 23.3 Å². The number of alkyl halides is 1. The summed E-state index contributed by atoms with van der Waals surface area (Å²) in [5.74, 6) is -1.91. The number of primary amides is 1. The molecular weight excluding hydrogens is 453 g/mol. The van der Waals surface area contributed by atoms with E-state index in [9.17, 15) is 14.4 Å². The average Bonchev–Trinajstić information content (AvgIpc) is 3.14. The Hall–Kier alpha value is -3.88. The number of carbonyl (C=O) groups excluding carboxylic acids is 3. The van der Waals surface area contributed by atoms with Crippen molar-refractivity contribution in [2.24, 2.45) is 12.8 Å². The van der Waals surface area contributed by atoms with Gasteiger partial charge in [-0.2, -0.15) is 0 Å². The van der Waals surface area contributed by atoms with Crippen molar-refractivity contribution in [3.8, 4) is 5.75 Å². The van der Waals surface area contributed by atoms with Gasteiger partial charge in [-0.05, 0) is 24.5 Å². The number of halogens is 1. The van der Waals surface area contributed by atoms with Crippen LogP contribution >= 0.6 is 0 Å². The van der Waals surface area contributed by atoms with E-state index in [0.29, 0.717) is 36.2 Å². The van der Waals surface area contributed by atoms with Crippen LogP contribution in [0.1, 0.15) is 39.1 Å². The maximum Gasteiger partial charge on any atom is 0.379 e. The summed E-state index contributed by atoms with van der Waals surface area (Å²) in [6, 6.07) is 12.6. The monoisotopic (exact) mass is 481 g/mol. The van der Waals surface area contributed by atoms with Gasteiger partial charge in [0.05, 0.1) is 30.9 Å². The Morgan fingerprint density at radius 3 is 2.31 bits per heavy atom. The van der Waals surface area contributed by atoms with Crippen molar-refractivity contribution >= 4 is 34.4 Å². The maximum absolute atomic E-state index is 15.7. The first-order valence-corrected chi connectivity index (χ1v) is 11.3. The van der Waals surface area contributed by atoms with Gasteiger partial charge in [0, 0.05) is 38.0 Å². The molecule has 2 N–H and O–H groups in total. The van der Waals surface area contributed by atoms with Crippen LogP contribution in [0.25, 0.3) is 10.9 Å². The Balaban J connectivity index is 1.76. The Bertz CT molecular complexity index is 1290. The van der Waals surface area contributed by atoms with Crippen LogP contribution in [-0.4, -0.2) is 55.2 Å². The number of anilines is 1. The first kappa shape index (κ1) is 24.3. The highest BCUT2D eigenvalue weighted by Crippen LogP contribution is 2.39. The molecule has 2 aromatic carbocycles. The molecule has 0 bridgehead atoms. The van der Waals surface area contributed by atoms with Gasteiger partial charge in [-0.1, -0.05) is 30.3 Å². The number of hydrogen-bond acceptors (Lipinski definition) is 6. The van der Waals surface area contributed by atoms with Crippen molar-refractivity contribution in [2.75, 3.05) is 32.2 Å². The summed E-state index contributed by atoms with van der Waals surface area (Å²) in [5.41, 5.74) is 5.81. The van der Waals surface area contributed by atoms with Gasteiger partial charge in [-0.25, -0.2) is 9.18 Å². The fourth-order valence-corrected chi connectivity index (χ4v) is 4.86. The molecule has 184 valence electrons. The number of aromatic nitrogens is 1. The zero-order valence-electron chi connectivity index (χ0n) is 20.0. The number of fused-ring (bicyclic) bond motifs is 1. The molecule has 9 heteroatoms. The molecule has 1 fully saturated rings. The van der Waals surface area contributed by atoms with E-state index in [-0.39, 0.29) is 29.7 Å². The minimum Gasteiger partial charge on any atom is -0.496 e. The number of nitrogens with zero attached hydrogens (tertiary/aromatic N) is 2. The summed E-state index contributed by atoms with van der Waals surface area (Å²) >= 11 is 0. The van der Waals surface area contributed by atoms with Crippen LogP contribution in [0.3, 0.4) is 0 Å². The van der Waals surface area contributed by atoms with Crippen LogP contribution in [0.2, 0.25) is 0 Å². The zero-order valence-corrected chi connectivity index (χ0v) is 20.0. The number of esters is 1. The van der Waals surface area contributed by atoms with E-state index in [0.717, 1.165) is 12.7 Å². The van der Waals surface area contributed by atoms with Gasteiger partial charge in [0.2, 0.25) is 0 Å². The molecule has 1 aromatic heterocycles. The van der Waals surface area contributed by atoms with E-state index in [1.165, 1.54) is 13.2 Å². The maximum atomic E-state index is 15.7. The second-order valence-corrected chi connectivity index (χ2v) is 8.81. The number of Topliss-reactive ketones (excluding diaryl/α,β-unsaturated/α-hetero) is 1. The molecular formula is C26H28FN3O5. The number of ketones is 1. The number of hydrogen-bond donors (Lipinski definition) is 1. The molecule has 0 unspecified atom stereocenters. The number of amides is 1. The fourth-order valence-electron chi connectivity index (χ4n) is 4.86. The first-order valence-electron chi connectivity index (χ1n) is 11.3. The normalized spacial score (nSPS) is 15.1. The predicted molar refractivity (Wildman–Crippen MR) is 130 cm³/mol. The second-order valence-electron chi connectivity index (χ2n) is 8.81. The molecule has 0 saturated carbocycles. The van der Waals surface area contributed by atoms with Gasteiger partial charge < -0.3 is 24.7 Å². The lowest BCUT2D eigenvalue weighted by molar-refractivity contribution is -0.135. The zero-order chi connectivity index (χ0) is 25.3. The summed E-state index contributed by atoms with van der Waals surface area (Å²) in [6.07, 6.45) is 0.820. The summed E-state index contributed by atoms with van der Waals surface area (Å²) < 4.78 is 27.5. The minimum atomic E-state index is -1.38. The lowest BCUT2D eigenvalue weighted by atomic mass is 9.87.